The van der Waals surface area contributed by atoms with Crippen LogP contribution in [0.15, 0.2) is 30.5 Å². The molecule has 4 nitrogen and oxygen atoms in total. The predicted molar refractivity (Wildman–Crippen MR) is 56.0 cm³/mol. The number of nitrogens with one attached hydrogen (secondary N) is 1. The van der Waals surface area contributed by atoms with Crippen LogP contribution in [-0.2, 0) is 6.18 Å². The van der Waals surface area contributed by atoms with E-state index in [2.05, 4.69) is 10.2 Å². The molecule has 1 aromatic heterocycles. The van der Waals surface area contributed by atoms with Crippen molar-refractivity contribution in [3.05, 3.63) is 41.7 Å². The zero-order chi connectivity index (χ0) is 13.3. The Morgan fingerprint density at radius 2 is 2.06 bits per heavy atom. The zero-order valence-corrected chi connectivity index (χ0v) is 8.82. The van der Waals surface area contributed by atoms with Crippen LogP contribution >= 0.6 is 0 Å². The second-order valence-corrected chi connectivity index (χ2v) is 3.54. The van der Waals surface area contributed by atoms with Gasteiger partial charge < -0.3 is 5.11 Å². The maximum atomic E-state index is 12.5. The minimum atomic E-state index is -4.47. The first-order valence-corrected chi connectivity index (χ1v) is 4.84. The van der Waals surface area contributed by atoms with Crippen molar-refractivity contribution in [3.8, 4) is 11.1 Å². The normalized spacial score (nSPS) is 11.5. The number of alkyl halides is 3. The third kappa shape index (κ3) is 2.20. The molecule has 0 saturated heterocycles. The van der Waals surface area contributed by atoms with E-state index in [1.165, 1.54) is 18.3 Å². The van der Waals surface area contributed by atoms with E-state index in [9.17, 15) is 18.0 Å². The molecule has 2 N–H and O–H groups in total. The van der Waals surface area contributed by atoms with Crippen molar-refractivity contribution in [2.75, 3.05) is 0 Å². The number of carbonyl (C=O) groups is 1. The van der Waals surface area contributed by atoms with E-state index in [0.717, 1.165) is 12.1 Å². The summed E-state index contributed by atoms with van der Waals surface area (Å²) >= 11 is 0. The standard InChI is InChI=1S/C11H7F3N2O2/c12-11(13,14)7-3-1-2-6(4-7)8-5-15-16-9(8)10(17)18/h1-5H,(H,15,16)(H,17,18). The number of hydrogen-bond acceptors (Lipinski definition) is 2. The number of carboxylic acid groups (broad SMARTS) is 1. The summed E-state index contributed by atoms with van der Waals surface area (Å²) in [6.07, 6.45) is -3.29. The summed E-state index contributed by atoms with van der Waals surface area (Å²) in [5, 5.41) is 14.6. The molecule has 1 aromatic carbocycles. The van der Waals surface area contributed by atoms with Crippen LogP contribution in [0.3, 0.4) is 0 Å². The molecule has 2 rings (SSSR count). The highest BCUT2D eigenvalue weighted by molar-refractivity contribution is 5.93. The first kappa shape index (κ1) is 12.2. The van der Waals surface area contributed by atoms with Gasteiger partial charge in [0.2, 0.25) is 0 Å². The van der Waals surface area contributed by atoms with E-state index < -0.39 is 17.7 Å². The van der Waals surface area contributed by atoms with Gasteiger partial charge in [-0.2, -0.15) is 18.3 Å². The molecule has 0 aliphatic heterocycles. The molecule has 0 unspecified atom stereocenters. The van der Waals surface area contributed by atoms with Gasteiger partial charge in [-0.15, -0.1) is 0 Å². The van der Waals surface area contributed by atoms with E-state index in [1.54, 1.807) is 0 Å². The topological polar surface area (TPSA) is 66.0 Å². The van der Waals surface area contributed by atoms with Crippen LogP contribution in [0.2, 0.25) is 0 Å². The van der Waals surface area contributed by atoms with Gasteiger partial charge in [-0.3, -0.25) is 5.10 Å². The third-order valence-electron chi connectivity index (χ3n) is 2.35. The summed E-state index contributed by atoms with van der Waals surface area (Å²) < 4.78 is 37.6. The third-order valence-corrected chi connectivity index (χ3v) is 2.35. The fourth-order valence-electron chi connectivity index (χ4n) is 1.53. The van der Waals surface area contributed by atoms with Crippen molar-refractivity contribution >= 4 is 5.97 Å². The number of aromatic nitrogens is 2. The fourth-order valence-corrected chi connectivity index (χ4v) is 1.53. The molecule has 2 aromatic rings. The summed E-state index contributed by atoms with van der Waals surface area (Å²) in [6, 6.07) is 4.42. The van der Waals surface area contributed by atoms with Gasteiger partial charge in [0.15, 0.2) is 5.69 Å². The minimum absolute atomic E-state index is 0.119. The highest BCUT2D eigenvalue weighted by Crippen LogP contribution is 2.32. The molecular formula is C11H7F3N2O2. The monoisotopic (exact) mass is 256 g/mol. The Morgan fingerprint density at radius 3 is 2.67 bits per heavy atom. The summed E-state index contributed by atoms with van der Waals surface area (Å²) in [5.74, 6) is -1.28. The number of carboxylic acids is 1. The molecule has 18 heavy (non-hydrogen) atoms. The molecule has 0 amide bonds. The number of hydrogen-bond donors (Lipinski definition) is 2. The number of halogens is 3. The Labute approximate surface area is 99.1 Å². The summed E-state index contributed by atoms with van der Waals surface area (Å²) in [6.45, 7) is 0. The number of rotatable bonds is 2. The average Bonchev–Trinajstić information content (AvgIpc) is 2.77. The van der Waals surface area contributed by atoms with Crippen molar-refractivity contribution < 1.29 is 23.1 Å². The second-order valence-electron chi connectivity index (χ2n) is 3.54. The van der Waals surface area contributed by atoms with E-state index in [-0.39, 0.29) is 16.8 Å². The Kier molecular flexibility index (Phi) is 2.82. The molecule has 0 radical (unpaired) electrons. The maximum absolute atomic E-state index is 12.5. The first-order valence-electron chi connectivity index (χ1n) is 4.84. The molecule has 94 valence electrons. The van der Waals surface area contributed by atoms with E-state index >= 15 is 0 Å². The molecule has 0 aliphatic rings. The lowest BCUT2D eigenvalue weighted by atomic mass is 10.0. The SMILES string of the molecule is O=C(O)c1[nH]ncc1-c1cccc(C(F)(F)F)c1. The molecule has 0 aliphatic carbocycles. The van der Waals surface area contributed by atoms with Crippen LogP contribution in [-0.4, -0.2) is 21.3 Å². The highest BCUT2D eigenvalue weighted by atomic mass is 19.4. The largest absolute Gasteiger partial charge is 0.477 e. The van der Waals surface area contributed by atoms with Crippen LogP contribution in [0, 0.1) is 0 Å². The Bertz CT molecular complexity index is 590. The van der Waals surface area contributed by atoms with Gasteiger partial charge in [-0.05, 0) is 17.7 Å². The zero-order valence-electron chi connectivity index (χ0n) is 8.82. The lowest BCUT2D eigenvalue weighted by Gasteiger charge is -2.08. The molecule has 7 heteroatoms. The van der Waals surface area contributed by atoms with Crippen molar-refractivity contribution in [2.45, 2.75) is 6.18 Å². The molecule has 0 spiro atoms. The van der Waals surface area contributed by atoms with Gasteiger partial charge in [-0.1, -0.05) is 12.1 Å². The van der Waals surface area contributed by atoms with Gasteiger partial charge in [-0.25, -0.2) is 4.79 Å². The van der Waals surface area contributed by atoms with E-state index in [4.69, 9.17) is 5.11 Å². The second kappa shape index (κ2) is 4.17. The average molecular weight is 256 g/mol. The summed E-state index contributed by atoms with van der Waals surface area (Å²) in [7, 11) is 0. The van der Waals surface area contributed by atoms with Gasteiger partial charge in [0.25, 0.3) is 0 Å². The Balaban J connectivity index is 2.52. The van der Waals surface area contributed by atoms with Crippen molar-refractivity contribution in [2.24, 2.45) is 0 Å². The number of H-pyrrole nitrogens is 1. The number of aromatic carboxylic acids is 1. The summed E-state index contributed by atoms with van der Waals surface area (Å²) in [5.41, 5.74) is -0.809. The molecular weight excluding hydrogens is 249 g/mol. The van der Waals surface area contributed by atoms with Crippen molar-refractivity contribution in [1.29, 1.82) is 0 Å². The molecule has 0 atom stereocenters. The Hall–Kier alpha value is -2.31. The maximum Gasteiger partial charge on any atom is 0.416 e. The van der Waals surface area contributed by atoms with Gasteiger partial charge in [0.05, 0.1) is 11.8 Å². The lowest BCUT2D eigenvalue weighted by molar-refractivity contribution is -0.137. The van der Waals surface area contributed by atoms with Crippen molar-refractivity contribution in [3.63, 3.8) is 0 Å². The van der Waals surface area contributed by atoms with Crippen LogP contribution in [0.5, 0.6) is 0 Å². The molecule has 0 fully saturated rings. The van der Waals surface area contributed by atoms with Crippen LogP contribution in [0.25, 0.3) is 11.1 Å². The molecule has 0 bridgehead atoms. The van der Waals surface area contributed by atoms with Gasteiger partial charge in [0, 0.05) is 5.56 Å². The van der Waals surface area contributed by atoms with E-state index in [1.807, 2.05) is 0 Å². The van der Waals surface area contributed by atoms with Crippen LogP contribution in [0.1, 0.15) is 16.1 Å². The predicted octanol–water partition coefficient (Wildman–Crippen LogP) is 2.79. The number of aromatic amines is 1. The highest BCUT2D eigenvalue weighted by Gasteiger charge is 2.30. The fraction of sp³-hybridized carbons (Fsp3) is 0.0909. The van der Waals surface area contributed by atoms with E-state index in [0.29, 0.717) is 0 Å². The smallest absolute Gasteiger partial charge is 0.416 e. The molecule has 1 heterocycles. The lowest BCUT2D eigenvalue weighted by Crippen LogP contribution is -2.05. The molecule has 0 saturated carbocycles. The number of benzene rings is 1. The van der Waals surface area contributed by atoms with Crippen LogP contribution in [0.4, 0.5) is 13.2 Å². The quantitative estimate of drug-likeness (QED) is 0.868. The van der Waals surface area contributed by atoms with Gasteiger partial charge in [0.1, 0.15) is 0 Å². The minimum Gasteiger partial charge on any atom is -0.477 e. The van der Waals surface area contributed by atoms with Gasteiger partial charge >= 0.3 is 12.1 Å². The number of nitrogens with zero attached hydrogens (tertiary/aromatic N) is 1. The first-order chi connectivity index (χ1) is 8.39. The summed E-state index contributed by atoms with van der Waals surface area (Å²) in [4.78, 5) is 10.8. The Morgan fingerprint density at radius 1 is 1.33 bits per heavy atom. The van der Waals surface area contributed by atoms with Crippen LogP contribution < -0.4 is 0 Å². The van der Waals surface area contributed by atoms with Crippen molar-refractivity contribution in [1.82, 2.24) is 10.2 Å².